The number of ketones is 1. The Hall–Kier alpha value is -0.970. The van der Waals surface area contributed by atoms with Gasteiger partial charge in [0.2, 0.25) is 0 Å². The van der Waals surface area contributed by atoms with E-state index in [1.54, 1.807) is 13.8 Å². The molecule has 0 aliphatic carbocycles. The molecule has 4 nitrogen and oxygen atoms in total. The van der Waals surface area contributed by atoms with Gasteiger partial charge < -0.3 is 0 Å². The molecule has 1 aliphatic heterocycles. The van der Waals surface area contributed by atoms with Crippen LogP contribution in [0, 0.1) is 5.92 Å². The molecule has 0 aromatic heterocycles. The summed E-state index contributed by atoms with van der Waals surface area (Å²) in [6, 6.07) is 0. The number of hydrogen-bond donors (Lipinski definition) is 0. The summed E-state index contributed by atoms with van der Waals surface area (Å²) < 4.78 is 0.254. The van der Waals surface area contributed by atoms with Crippen LogP contribution in [0.4, 0.5) is 0 Å². The summed E-state index contributed by atoms with van der Waals surface area (Å²) in [4.78, 5) is 35.0. The van der Waals surface area contributed by atoms with E-state index in [1.807, 2.05) is 0 Å². The summed E-state index contributed by atoms with van der Waals surface area (Å²) in [5, 5.41) is 0. The molecular weight excluding hydrogens is 262 g/mol. The average molecular weight is 274 g/mol. The van der Waals surface area contributed by atoms with Crippen molar-refractivity contribution in [1.29, 1.82) is 0 Å². The molecule has 0 saturated heterocycles. The Labute approximate surface area is 96.4 Å². The third kappa shape index (κ3) is 2.75. The first-order valence-electron chi connectivity index (χ1n) is 4.69. The predicted molar refractivity (Wildman–Crippen MR) is 58.2 cm³/mol. The van der Waals surface area contributed by atoms with Gasteiger partial charge in [-0.25, -0.2) is 0 Å². The van der Waals surface area contributed by atoms with E-state index < -0.39 is 0 Å². The van der Waals surface area contributed by atoms with Gasteiger partial charge >= 0.3 is 0 Å². The van der Waals surface area contributed by atoms with Crippen LogP contribution in [0.1, 0.15) is 20.3 Å². The van der Waals surface area contributed by atoms with Crippen LogP contribution < -0.4 is 0 Å². The van der Waals surface area contributed by atoms with Gasteiger partial charge in [0.25, 0.3) is 11.8 Å². The minimum atomic E-state index is -0.364. The van der Waals surface area contributed by atoms with Crippen molar-refractivity contribution in [2.24, 2.45) is 5.92 Å². The molecule has 0 N–H and O–H groups in total. The van der Waals surface area contributed by atoms with Crippen molar-refractivity contribution in [3.8, 4) is 0 Å². The molecule has 0 aromatic rings. The van der Waals surface area contributed by atoms with Gasteiger partial charge in [-0.15, -0.1) is 0 Å². The smallest absolute Gasteiger partial charge is 0.267 e. The number of rotatable bonds is 4. The van der Waals surface area contributed by atoms with Crippen molar-refractivity contribution >= 4 is 33.5 Å². The summed E-state index contributed by atoms with van der Waals surface area (Å²) in [7, 11) is 0. The number of amides is 2. The van der Waals surface area contributed by atoms with Crippen LogP contribution in [0.3, 0.4) is 0 Å². The zero-order chi connectivity index (χ0) is 11.6. The molecule has 0 aromatic carbocycles. The van der Waals surface area contributed by atoms with Crippen LogP contribution in [-0.4, -0.2) is 29.0 Å². The molecule has 1 rings (SSSR count). The Morgan fingerprint density at radius 3 is 2.47 bits per heavy atom. The van der Waals surface area contributed by atoms with E-state index in [0.29, 0.717) is 0 Å². The van der Waals surface area contributed by atoms with Gasteiger partial charge in [0.1, 0.15) is 5.78 Å². The summed E-state index contributed by atoms with van der Waals surface area (Å²) in [5.41, 5.74) is 0. The molecule has 5 heteroatoms. The normalized spacial score (nSPS) is 16.3. The van der Waals surface area contributed by atoms with Crippen molar-refractivity contribution in [1.82, 2.24) is 4.90 Å². The number of nitrogens with zero attached hydrogens (tertiary/aromatic N) is 1. The maximum atomic E-state index is 11.4. The number of imide groups is 1. The maximum absolute atomic E-state index is 11.4. The zero-order valence-corrected chi connectivity index (χ0v) is 10.2. The largest absolute Gasteiger partial charge is 0.299 e. The molecule has 82 valence electrons. The van der Waals surface area contributed by atoms with Gasteiger partial charge in [0.15, 0.2) is 0 Å². The van der Waals surface area contributed by atoms with Crippen LogP contribution in [0.2, 0.25) is 0 Å². The van der Waals surface area contributed by atoms with E-state index in [0.717, 1.165) is 4.90 Å². The first-order chi connectivity index (χ1) is 6.93. The number of halogens is 1. The van der Waals surface area contributed by atoms with Gasteiger partial charge in [-0.3, -0.25) is 19.3 Å². The van der Waals surface area contributed by atoms with Gasteiger partial charge in [0.05, 0.1) is 4.48 Å². The lowest BCUT2D eigenvalue weighted by molar-refractivity contribution is -0.137. The Bertz CT molecular complexity index is 347. The Morgan fingerprint density at radius 2 is 2.07 bits per heavy atom. The van der Waals surface area contributed by atoms with Crippen LogP contribution in [0.15, 0.2) is 10.6 Å². The third-order valence-electron chi connectivity index (χ3n) is 2.19. The summed E-state index contributed by atoms with van der Waals surface area (Å²) in [5.74, 6) is -0.729. The van der Waals surface area contributed by atoms with Crippen LogP contribution in [-0.2, 0) is 14.4 Å². The monoisotopic (exact) mass is 273 g/mol. The summed E-state index contributed by atoms with van der Waals surface area (Å²) in [6.07, 6.45) is 1.45. The van der Waals surface area contributed by atoms with Crippen LogP contribution in [0.5, 0.6) is 0 Å². The molecule has 1 aliphatic rings. The highest BCUT2D eigenvalue weighted by atomic mass is 79.9. The second kappa shape index (κ2) is 4.70. The molecule has 0 spiro atoms. The van der Waals surface area contributed by atoms with E-state index in [-0.39, 0.29) is 41.0 Å². The van der Waals surface area contributed by atoms with E-state index in [1.165, 1.54) is 6.08 Å². The molecular formula is C10H12BrNO3. The lowest BCUT2D eigenvalue weighted by Gasteiger charge is -2.13. The second-order valence-electron chi connectivity index (χ2n) is 3.66. The van der Waals surface area contributed by atoms with Crippen molar-refractivity contribution < 1.29 is 14.4 Å². The van der Waals surface area contributed by atoms with Gasteiger partial charge in [-0.1, -0.05) is 13.8 Å². The average Bonchev–Trinajstić information content (AvgIpc) is 2.38. The fourth-order valence-electron chi connectivity index (χ4n) is 1.20. The molecule has 2 amide bonds. The highest BCUT2D eigenvalue weighted by Gasteiger charge is 2.29. The van der Waals surface area contributed by atoms with Gasteiger partial charge in [0, 0.05) is 25.0 Å². The predicted octanol–water partition coefficient (Wildman–Crippen LogP) is 1.25. The van der Waals surface area contributed by atoms with Gasteiger partial charge in [-0.2, -0.15) is 0 Å². The summed E-state index contributed by atoms with van der Waals surface area (Å²) >= 11 is 2.98. The van der Waals surface area contributed by atoms with Gasteiger partial charge in [-0.05, 0) is 15.9 Å². The minimum absolute atomic E-state index is 0.0543. The van der Waals surface area contributed by atoms with Crippen molar-refractivity contribution in [2.75, 3.05) is 6.54 Å². The van der Waals surface area contributed by atoms with Crippen LogP contribution >= 0.6 is 15.9 Å². The molecule has 0 saturated carbocycles. The van der Waals surface area contributed by atoms with Crippen molar-refractivity contribution in [3.05, 3.63) is 10.6 Å². The maximum Gasteiger partial charge on any atom is 0.267 e. The second-order valence-corrected chi connectivity index (χ2v) is 4.51. The quantitative estimate of drug-likeness (QED) is 0.725. The topological polar surface area (TPSA) is 54.5 Å². The molecule has 0 radical (unpaired) electrons. The molecule has 0 bridgehead atoms. The molecule has 0 fully saturated rings. The fraction of sp³-hybridized carbons (Fsp3) is 0.500. The molecule has 15 heavy (non-hydrogen) atoms. The number of Topliss-reactive ketones (excluding diaryl/α,β-unsaturated/α-hetero) is 1. The number of hydrogen-bond acceptors (Lipinski definition) is 3. The SMILES string of the molecule is CC(C)C(=O)CCN1C(=O)C=C(Br)C1=O. The summed E-state index contributed by atoms with van der Waals surface area (Å²) in [6.45, 7) is 3.76. The highest BCUT2D eigenvalue weighted by molar-refractivity contribution is 9.12. The molecule has 0 unspecified atom stereocenters. The van der Waals surface area contributed by atoms with Crippen molar-refractivity contribution in [2.45, 2.75) is 20.3 Å². The van der Waals surface area contributed by atoms with E-state index in [9.17, 15) is 14.4 Å². The fourth-order valence-corrected chi connectivity index (χ4v) is 1.61. The first kappa shape index (κ1) is 12.1. The van der Waals surface area contributed by atoms with E-state index in [4.69, 9.17) is 0 Å². The van der Waals surface area contributed by atoms with E-state index >= 15 is 0 Å². The zero-order valence-electron chi connectivity index (χ0n) is 8.62. The third-order valence-corrected chi connectivity index (χ3v) is 2.76. The Kier molecular flexibility index (Phi) is 3.79. The lowest BCUT2D eigenvalue weighted by atomic mass is 10.1. The first-order valence-corrected chi connectivity index (χ1v) is 5.48. The van der Waals surface area contributed by atoms with Crippen LogP contribution in [0.25, 0.3) is 0 Å². The lowest BCUT2D eigenvalue weighted by Crippen LogP contribution is -2.33. The number of carbonyl (C=O) groups is 3. The molecule has 1 heterocycles. The molecule has 0 atom stereocenters. The standard InChI is InChI=1S/C10H12BrNO3/c1-6(2)8(13)3-4-12-9(14)5-7(11)10(12)15/h5-6H,3-4H2,1-2H3. The highest BCUT2D eigenvalue weighted by Crippen LogP contribution is 2.18. The van der Waals surface area contributed by atoms with Crippen molar-refractivity contribution in [3.63, 3.8) is 0 Å². The Morgan fingerprint density at radius 1 is 1.47 bits per heavy atom. The minimum Gasteiger partial charge on any atom is -0.299 e. The van der Waals surface area contributed by atoms with E-state index in [2.05, 4.69) is 15.9 Å². The number of carbonyl (C=O) groups excluding carboxylic acids is 3. The Balaban J connectivity index is 2.52.